The van der Waals surface area contributed by atoms with E-state index in [1.165, 1.54) is 11.0 Å². The molecule has 1 aliphatic rings. The highest BCUT2D eigenvalue weighted by Crippen LogP contribution is 2.16. The minimum atomic E-state index is -0.393. The van der Waals surface area contributed by atoms with Crippen molar-refractivity contribution in [1.29, 1.82) is 0 Å². The van der Waals surface area contributed by atoms with Gasteiger partial charge in [-0.2, -0.15) is 0 Å². The first-order valence-corrected chi connectivity index (χ1v) is 10.4. The van der Waals surface area contributed by atoms with Crippen LogP contribution in [0.25, 0.3) is 0 Å². The molecule has 10 heteroatoms. The van der Waals surface area contributed by atoms with Gasteiger partial charge < -0.3 is 25.0 Å². The fourth-order valence-corrected chi connectivity index (χ4v) is 2.84. The average molecular weight is 551 g/mol. The lowest BCUT2D eigenvalue weighted by molar-refractivity contribution is -0.127. The summed E-state index contributed by atoms with van der Waals surface area (Å²) in [5.41, 5.74) is 0. The number of likely N-dealkylation sites (N-methyl/N-ethyl adjacent to an activating group) is 1. The molecule has 0 radical (unpaired) electrons. The van der Waals surface area contributed by atoms with Crippen molar-refractivity contribution in [2.24, 2.45) is 4.99 Å². The first-order chi connectivity index (χ1) is 14.5. The number of carbonyl (C=O) groups excluding carboxylic acids is 1. The molecule has 1 unspecified atom stereocenters. The molecule has 31 heavy (non-hydrogen) atoms. The first kappa shape index (κ1) is 27.4. The molecule has 0 saturated carbocycles. The largest absolute Gasteiger partial charge is 0.486 e. The number of carbonyl (C=O) groups is 1. The fraction of sp³-hybridized carbons (Fsp3) is 0.619. The zero-order valence-corrected chi connectivity index (χ0v) is 20.9. The highest BCUT2D eigenvalue weighted by Gasteiger charge is 2.11. The Kier molecular flexibility index (Phi) is 13.4. The Balaban J connectivity index is 0.00000480. The maximum Gasteiger partial charge on any atom is 0.243 e. The number of nitrogens with zero attached hydrogens (tertiary/aromatic N) is 3. The van der Waals surface area contributed by atoms with Gasteiger partial charge in [0.15, 0.2) is 17.5 Å². The van der Waals surface area contributed by atoms with Crippen molar-refractivity contribution < 1.29 is 18.7 Å². The maximum atomic E-state index is 13.8. The summed E-state index contributed by atoms with van der Waals surface area (Å²) in [6.07, 6.45) is 0.663. The number of hydrogen-bond acceptors (Lipinski definition) is 5. The number of aliphatic imine (C=N–C) groups is 1. The van der Waals surface area contributed by atoms with Crippen LogP contribution in [0.2, 0.25) is 0 Å². The molecule has 0 bridgehead atoms. The quantitative estimate of drug-likeness (QED) is 0.199. The summed E-state index contributed by atoms with van der Waals surface area (Å²) < 4.78 is 24.8. The van der Waals surface area contributed by atoms with Gasteiger partial charge in [0, 0.05) is 33.7 Å². The van der Waals surface area contributed by atoms with E-state index in [2.05, 4.69) is 20.5 Å². The number of rotatable bonds is 10. The predicted octanol–water partition coefficient (Wildman–Crippen LogP) is 1.56. The van der Waals surface area contributed by atoms with E-state index in [0.717, 1.165) is 45.8 Å². The Labute approximate surface area is 201 Å². The number of para-hydroxylation sites is 1. The number of halogens is 2. The van der Waals surface area contributed by atoms with Gasteiger partial charge in [-0.3, -0.25) is 9.69 Å². The monoisotopic (exact) mass is 551 g/mol. The number of guanidine groups is 1. The lowest BCUT2D eigenvalue weighted by atomic mass is 10.3. The van der Waals surface area contributed by atoms with Gasteiger partial charge in [-0.05, 0) is 32.0 Å². The van der Waals surface area contributed by atoms with Gasteiger partial charge in [0.2, 0.25) is 5.91 Å². The number of ether oxygens (including phenoxy) is 2. The van der Waals surface area contributed by atoms with Gasteiger partial charge >= 0.3 is 0 Å². The second-order valence-electron chi connectivity index (χ2n) is 7.43. The zero-order valence-electron chi connectivity index (χ0n) is 18.6. The summed E-state index contributed by atoms with van der Waals surface area (Å²) in [6.45, 7) is 7.51. The molecule has 0 aromatic heterocycles. The van der Waals surface area contributed by atoms with Crippen LogP contribution in [0.5, 0.6) is 5.75 Å². The minimum absolute atomic E-state index is 0. The molecule has 0 aliphatic carbocycles. The van der Waals surface area contributed by atoms with E-state index in [9.17, 15) is 9.18 Å². The topological polar surface area (TPSA) is 78.4 Å². The van der Waals surface area contributed by atoms with Crippen LogP contribution in [-0.2, 0) is 9.53 Å². The summed E-state index contributed by atoms with van der Waals surface area (Å²) in [7, 11) is 3.40. The van der Waals surface area contributed by atoms with Crippen LogP contribution in [-0.4, -0.2) is 94.3 Å². The van der Waals surface area contributed by atoms with Gasteiger partial charge in [-0.15, -0.1) is 24.0 Å². The van der Waals surface area contributed by atoms with Crippen LogP contribution in [0, 0.1) is 5.82 Å². The zero-order chi connectivity index (χ0) is 21.8. The molecule has 1 aromatic rings. The summed E-state index contributed by atoms with van der Waals surface area (Å²) in [5.74, 6) is 0.277. The van der Waals surface area contributed by atoms with E-state index in [1.54, 1.807) is 32.3 Å². The van der Waals surface area contributed by atoms with Crippen LogP contribution < -0.4 is 15.4 Å². The summed E-state index contributed by atoms with van der Waals surface area (Å²) in [6, 6.07) is 6.32. The molecule has 8 nitrogen and oxygen atoms in total. The van der Waals surface area contributed by atoms with Crippen molar-refractivity contribution in [3.8, 4) is 5.75 Å². The number of benzene rings is 1. The first-order valence-electron chi connectivity index (χ1n) is 10.4. The van der Waals surface area contributed by atoms with Crippen molar-refractivity contribution in [2.75, 3.05) is 66.6 Å². The SMILES string of the molecule is CC(CNC(=NCC(=O)N(C)C)NCCCN1CCOCC1)Oc1ccccc1F.I. The highest BCUT2D eigenvalue weighted by molar-refractivity contribution is 14.0. The van der Waals surface area contributed by atoms with E-state index in [0.29, 0.717) is 12.5 Å². The second kappa shape index (κ2) is 15.2. The number of morpholine rings is 1. The molecule has 1 amide bonds. The normalized spacial score (nSPS) is 15.5. The lowest BCUT2D eigenvalue weighted by Crippen LogP contribution is -2.44. The third kappa shape index (κ3) is 11.0. The molecular weight excluding hydrogens is 516 g/mol. The maximum absolute atomic E-state index is 13.8. The molecule has 1 saturated heterocycles. The third-order valence-electron chi connectivity index (χ3n) is 4.64. The Morgan fingerprint density at radius 3 is 2.68 bits per heavy atom. The van der Waals surface area contributed by atoms with E-state index in [4.69, 9.17) is 9.47 Å². The second-order valence-corrected chi connectivity index (χ2v) is 7.43. The van der Waals surface area contributed by atoms with Crippen molar-refractivity contribution in [3.63, 3.8) is 0 Å². The Morgan fingerprint density at radius 2 is 2.00 bits per heavy atom. The highest BCUT2D eigenvalue weighted by atomic mass is 127. The Morgan fingerprint density at radius 1 is 1.29 bits per heavy atom. The summed E-state index contributed by atoms with van der Waals surface area (Å²) >= 11 is 0. The number of hydrogen-bond donors (Lipinski definition) is 2. The smallest absolute Gasteiger partial charge is 0.243 e. The Hall–Kier alpha value is -1.66. The molecule has 1 atom stereocenters. The van der Waals surface area contributed by atoms with E-state index < -0.39 is 5.82 Å². The van der Waals surface area contributed by atoms with Gasteiger partial charge in [0.05, 0.1) is 19.8 Å². The average Bonchev–Trinajstić information content (AvgIpc) is 2.74. The van der Waals surface area contributed by atoms with Gasteiger partial charge in [0.1, 0.15) is 12.6 Å². The lowest BCUT2D eigenvalue weighted by Gasteiger charge is -2.26. The van der Waals surface area contributed by atoms with Crippen molar-refractivity contribution in [2.45, 2.75) is 19.4 Å². The van der Waals surface area contributed by atoms with Crippen molar-refractivity contribution in [1.82, 2.24) is 20.4 Å². The molecule has 1 fully saturated rings. The molecule has 1 aromatic carbocycles. The third-order valence-corrected chi connectivity index (χ3v) is 4.64. The molecule has 0 spiro atoms. The molecule has 2 rings (SSSR count). The van der Waals surface area contributed by atoms with Crippen molar-refractivity contribution >= 4 is 35.8 Å². The summed E-state index contributed by atoms with van der Waals surface area (Å²) in [4.78, 5) is 20.1. The molecule has 2 N–H and O–H groups in total. The van der Waals surface area contributed by atoms with Gasteiger partial charge in [-0.1, -0.05) is 12.1 Å². The minimum Gasteiger partial charge on any atom is -0.486 e. The van der Waals surface area contributed by atoms with Crippen LogP contribution in [0.3, 0.4) is 0 Å². The number of nitrogens with one attached hydrogen (secondary N) is 2. The molecule has 1 heterocycles. The van der Waals surface area contributed by atoms with Gasteiger partial charge in [0.25, 0.3) is 0 Å². The van der Waals surface area contributed by atoms with Crippen LogP contribution in [0.15, 0.2) is 29.3 Å². The summed E-state index contributed by atoms with van der Waals surface area (Å²) in [5, 5.41) is 6.44. The van der Waals surface area contributed by atoms with Crippen LogP contribution >= 0.6 is 24.0 Å². The van der Waals surface area contributed by atoms with Gasteiger partial charge in [-0.25, -0.2) is 9.38 Å². The Bertz CT molecular complexity index is 687. The van der Waals surface area contributed by atoms with Crippen molar-refractivity contribution in [3.05, 3.63) is 30.1 Å². The fourth-order valence-electron chi connectivity index (χ4n) is 2.84. The predicted molar refractivity (Wildman–Crippen MR) is 131 cm³/mol. The van der Waals surface area contributed by atoms with E-state index in [-0.39, 0.29) is 48.3 Å². The molecule has 1 aliphatic heterocycles. The molecule has 176 valence electrons. The van der Waals surface area contributed by atoms with Crippen LogP contribution in [0.4, 0.5) is 4.39 Å². The van der Waals surface area contributed by atoms with E-state index in [1.807, 2.05) is 6.92 Å². The standard InChI is InChI=1S/C21H34FN5O3.HI/c1-17(30-19-8-5-4-7-18(19)22)15-24-21(25-16-20(28)26(2)3)23-9-6-10-27-11-13-29-14-12-27;/h4-5,7-8,17H,6,9-16H2,1-3H3,(H2,23,24,25);1H. The van der Waals surface area contributed by atoms with Crippen LogP contribution in [0.1, 0.15) is 13.3 Å². The van der Waals surface area contributed by atoms with E-state index >= 15 is 0 Å². The number of amides is 1. The molecular formula is C21H35FIN5O3.